The van der Waals surface area contributed by atoms with E-state index in [0.29, 0.717) is 9.37 Å². The van der Waals surface area contributed by atoms with Gasteiger partial charge in [-0.15, -0.1) is 11.3 Å². The molecule has 0 spiro atoms. The van der Waals surface area contributed by atoms with E-state index >= 15 is 0 Å². The van der Waals surface area contributed by atoms with E-state index in [4.69, 9.17) is 0 Å². The zero-order chi connectivity index (χ0) is 9.35. The summed E-state index contributed by atoms with van der Waals surface area (Å²) in [6, 6.07) is 0. The number of halogens is 1. The van der Waals surface area contributed by atoms with Gasteiger partial charge in [0.2, 0.25) is 10.0 Å². The van der Waals surface area contributed by atoms with Crippen LogP contribution in [-0.2, 0) is 10.0 Å². The lowest BCUT2D eigenvalue weighted by atomic mass is 10.7. The minimum atomic E-state index is -3.27. The van der Waals surface area contributed by atoms with Crippen LogP contribution >= 0.6 is 27.3 Å². The molecule has 1 rings (SSSR count). The van der Waals surface area contributed by atoms with Gasteiger partial charge in [-0.2, -0.15) is 0 Å². The van der Waals surface area contributed by atoms with Gasteiger partial charge in [0, 0.05) is 29.3 Å². The van der Waals surface area contributed by atoms with Crippen LogP contribution < -0.4 is 0 Å². The summed E-state index contributed by atoms with van der Waals surface area (Å²) in [5, 5.41) is 3.36. The Morgan fingerprint density at radius 2 is 2.00 bits per heavy atom. The summed E-state index contributed by atoms with van der Waals surface area (Å²) in [7, 11) is -0.241. The van der Waals surface area contributed by atoms with Crippen LogP contribution in [-0.4, -0.2) is 26.8 Å². The second-order valence-corrected chi connectivity index (χ2v) is 6.09. The van der Waals surface area contributed by atoms with Crippen molar-refractivity contribution < 1.29 is 8.42 Å². The second-order valence-electron chi connectivity index (χ2n) is 2.37. The molecule has 1 heterocycles. The second kappa shape index (κ2) is 3.45. The molecule has 1 aromatic rings. The van der Waals surface area contributed by atoms with E-state index in [1.54, 1.807) is 10.8 Å². The topological polar surface area (TPSA) is 37.4 Å². The van der Waals surface area contributed by atoms with Crippen molar-refractivity contribution in [2.45, 2.75) is 4.90 Å². The Hall–Kier alpha value is 0.0900. The molecule has 3 nitrogen and oxygen atoms in total. The molecule has 0 aliphatic heterocycles. The van der Waals surface area contributed by atoms with Crippen molar-refractivity contribution in [1.82, 2.24) is 4.31 Å². The molecule has 0 bridgehead atoms. The Morgan fingerprint density at radius 3 is 2.33 bits per heavy atom. The molecule has 68 valence electrons. The lowest BCUT2D eigenvalue weighted by Crippen LogP contribution is -2.21. The van der Waals surface area contributed by atoms with Crippen molar-refractivity contribution in [2.24, 2.45) is 0 Å². The van der Waals surface area contributed by atoms with E-state index in [1.165, 1.54) is 29.7 Å². The molecular formula is C6H8BrNO2S2. The van der Waals surface area contributed by atoms with Crippen molar-refractivity contribution in [3.05, 3.63) is 15.2 Å². The number of hydrogen-bond acceptors (Lipinski definition) is 3. The highest BCUT2D eigenvalue weighted by Crippen LogP contribution is 2.27. The fourth-order valence-corrected chi connectivity index (χ4v) is 3.85. The summed E-state index contributed by atoms with van der Waals surface area (Å²) in [6.07, 6.45) is 0. The number of rotatable bonds is 2. The summed E-state index contributed by atoms with van der Waals surface area (Å²) in [6.45, 7) is 0. The highest BCUT2D eigenvalue weighted by molar-refractivity contribution is 9.10. The molecule has 0 aliphatic rings. The van der Waals surface area contributed by atoms with Crippen LogP contribution in [0, 0.1) is 0 Å². The van der Waals surface area contributed by atoms with E-state index in [-0.39, 0.29) is 0 Å². The molecule has 6 heteroatoms. The monoisotopic (exact) mass is 269 g/mol. The first kappa shape index (κ1) is 10.2. The predicted molar refractivity (Wildman–Crippen MR) is 52.9 cm³/mol. The van der Waals surface area contributed by atoms with Crippen LogP contribution in [0.2, 0.25) is 0 Å². The molecule has 0 atom stereocenters. The van der Waals surface area contributed by atoms with Gasteiger partial charge < -0.3 is 0 Å². The van der Waals surface area contributed by atoms with Crippen LogP contribution in [0.5, 0.6) is 0 Å². The van der Waals surface area contributed by atoms with Gasteiger partial charge in [0.15, 0.2) is 0 Å². The van der Waals surface area contributed by atoms with E-state index < -0.39 is 10.0 Å². The summed E-state index contributed by atoms with van der Waals surface area (Å²) >= 11 is 4.53. The van der Waals surface area contributed by atoms with Gasteiger partial charge >= 0.3 is 0 Å². The Bertz CT molecular complexity index is 369. The van der Waals surface area contributed by atoms with Crippen LogP contribution in [0.3, 0.4) is 0 Å². The maximum atomic E-state index is 11.5. The third-order valence-corrected chi connectivity index (χ3v) is 5.31. The molecule has 0 N–H and O–H groups in total. The minimum Gasteiger partial charge on any atom is -0.207 e. The molecule has 0 radical (unpaired) electrons. The first-order valence-corrected chi connectivity index (χ1v) is 6.28. The van der Waals surface area contributed by atoms with E-state index in [2.05, 4.69) is 15.9 Å². The Morgan fingerprint density at radius 1 is 1.42 bits per heavy atom. The number of nitrogens with zero attached hydrogens (tertiary/aromatic N) is 1. The third-order valence-electron chi connectivity index (χ3n) is 1.34. The standard InChI is InChI=1S/C6H8BrNO2S2/c1-8(2)12(9,10)6-4-11-3-5(6)7/h3-4H,1-2H3. The quantitative estimate of drug-likeness (QED) is 0.821. The molecular weight excluding hydrogens is 262 g/mol. The van der Waals surface area contributed by atoms with Gasteiger partial charge in [0.25, 0.3) is 0 Å². The Kier molecular flexibility index (Phi) is 2.92. The molecule has 0 amide bonds. The first-order chi connectivity index (χ1) is 5.46. The summed E-state index contributed by atoms with van der Waals surface area (Å²) in [4.78, 5) is 0.331. The van der Waals surface area contributed by atoms with E-state index in [9.17, 15) is 8.42 Å². The fraction of sp³-hybridized carbons (Fsp3) is 0.333. The molecule has 0 unspecified atom stereocenters. The van der Waals surface area contributed by atoms with Gasteiger partial charge in [-0.1, -0.05) is 0 Å². The molecule has 1 aromatic heterocycles. The van der Waals surface area contributed by atoms with Crippen molar-refractivity contribution in [3.8, 4) is 0 Å². The zero-order valence-electron chi connectivity index (χ0n) is 6.61. The number of sulfonamides is 1. The lowest BCUT2D eigenvalue weighted by molar-refractivity contribution is 0.520. The van der Waals surface area contributed by atoms with Crippen LogP contribution in [0.25, 0.3) is 0 Å². The maximum Gasteiger partial charge on any atom is 0.244 e. The van der Waals surface area contributed by atoms with Crippen LogP contribution in [0.15, 0.2) is 20.1 Å². The maximum absolute atomic E-state index is 11.5. The Balaban J connectivity index is 3.24. The van der Waals surface area contributed by atoms with Gasteiger partial charge in [-0.3, -0.25) is 0 Å². The predicted octanol–water partition coefficient (Wildman–Crippen LogP) is 1.76. The van der Waals surface area contributed by atoms with Gasteiger partial charge in [-0.05, 0) is 15.9 Å². The summed E-state index contributed by atoms with van der Waals surface area (Å²) in [5.74, 6) is 0. The third kappa shape index (κ3) is 1.71. The lowest BCUT2D eigenvalue weighted by Gasteiger charge is -2.09. The van der Waals surface area contributed by atoms with Gasteiger partial charge in [-0.25, -0.2) is 12.7 Å². The van der Waals surface area contributed by atoms with Crippen molar-refractivity contribution in [1.29, 1.82) is 0 Å². The van der Waals surface area contributed by atoms with Crippen molar-refractivity contribution in [3.63, 3.8) is 0 Å². The van der Waals surface area contributed by atoms with Crippen molar-refractivity contribution >= 4 is 37.3 Å². The minimum absolute atomic E-state index is 0.331. The van der Waals surface area contributed by atoms with Crippen LogP contribution in [0.4, 0.5) is 0 Å². The molecule has 0 saturated carbocycles. The summed E-state index contributed by atoms with van der Waals surface area (Å²) < 4.78 is 24.9. The fourth-order valence-electron chi connectivity index (χ4n) is 0.651. The average molecular weight is 270 g/mol. The van der Waals surface area contributed by atoms with E-state index in [1.807, 2.05) is 0 Å². The molecule has 0 fully saturated rings. The molecule has 12 heavy (non-hydrogen) atoms. The van der Waals surface area contributed by atoms with Gasteiger partial charge in [0.05, 0.1) is 0 Å². The highest BCUT2D eigenvalue weighted by atomic mass is 79.9. The largest absolute Gasteiger partial charge is 0.244 e. The smallest absolute Gasteiger partial charge is 0.207 e. The Labute approximate surface area is 84.2 Å². The average Bonchev–Trinajstić information content (AvgIpc) is 2.35. The van der Waals surface area contributed by atoms with Crippen LogP contribution in [0.1, 0.15) is 0 Å². The van der Waals surface area contributed by atoms with Crippen molar-refractivity contribution in [2.75, 3.05) is 14.1 Å². The number of thiophene rings is 1. The molecule has 0 aromatic carbocycles. The van der Waals surface area contributed by atoms with E-state index in [0.717, 1.165) is 0 Å². The zero-order valence-corrected chi connectivity index (χ0v) is 9.83. The molecule has 0 aliphatic carbocycles. The summed E-state index contributed by atoms with van der Waals surface area (Å²) in [5.41, 5.74) is 0. The molecule has 0 saturated heterocycles. The number of hydrogen-bond donors (Lipinski definition) is 0. The normalized spacial score (nSPS) is 12.3. The van der Waals surface area contributed by atoms with Gasteiger partial charge in [0.1, 0.15) is 4.90 Å². The highest BCUT2D eigenvalue weighted by Gasteiger charge is 2.20. The SMILES string of the molecule is CN(C)S(=O)(=O)c1cscc1Br. The first-order valence-electron chi connectivity index (χ1n) is 3.10.